The lowest BCUT2D eigenvalue weighted by atomic mass is 9.99. The topological polar surface area (TPSA) is 237 Å². The van der Waals surface area contributed by atoms with Crippen molar-refractivity contribution in [3.63, 3.8) is 0 Å². The summed E-state index contributed by atoms with van der Waals surface area (Å²) in [5.74, 6) is 0.218. The third-order valence-electron chi connectivity index (χ3n) is 19.1. The normalized spacial score (nSPS) is 14.4. The smallest absolute Gasteiger partial charge is 0.462 e. The molecule has 3 N–H and O–H groups in total. The van der Waals surface area contributed by atoms with E-state index in [2.05, 4.69) is 72.8 Å². The number of hydrogen-bond acceptors (Lipinski definition) is 15. The lowest BCUT2D eigenvalue weighted by molar-refractivity contribution is -0.161. The van der Waals surface area contributed by atoms with Crippen LogP contribution in [-0.2, 0) is 65.4 Å². The van der Waals surface area contributed by atoms with Crippen LogP contribution in [0.3, 0.4) is 0 Å². The Bertz CT molecular complexity index is 2070. The van der Waals surface area contributed by atoms with Crippen molar-refractivity contribution in [2.24, 2.45) is 17.8 Å². The Morgan fingerprint density at radius 3 is 0.873 bits per heavy atom. The molecule has 0 saturated carbocycles. The van der Waals surface area contributed by atoms with Gasteiger partial charge in [0.25, 0.3) is 0 Å². The fourth-order valence-electron chi connectivity index (χ4n) is 12.3. The lowest BCUT2D eigenvalue weighted by Gasteiger charge is -2.21. The fraction of sp³-hybridized carbons (Fsp3) is 0.904. The van der Waals surface area contributed by atoms with Crippen LogP contribution in [0.1, 0.15) is 408 Å². The Labute approximate surface area is 624 Å². The first kappa shape index (κ1) is 99.5. The van der Waals surface area contributed by atoms with Gasteiger partial charge in [-0.3, -0.25) is 37.3 Å². The van der Waals surface area contributed by atoms with E-state index in [-0.39, 0.29) is 25.7 Å². The van der Waals surface area contributed by atoms with Gasteiger partial charge in [0.05, 0.1) is 26.4 Å². The molecule has 0 rings (SSSR count). The van der Waals surface area contributed by atoms with Crippen LogP contribution in [0.15, 0.2) is 24.3 Å². The molecule has 0 spiro atoms. The molecule has 0 aromatic carbocycles. The Hall–Kier alpha value is -2.46. The maximum Gasteiger partial charge on any atom is 0.472 e. The number of carbonyl (C=O) groups is 4. The standard InChI is InChI=1S/C83H158O17P2/c1-8-10-11-12-13-14-15-16-21-25-30-35-43-50-57-64-80(85)93-70-78(99-82(87)66-59-52-45-36-31-26-23-20-18-17-19-22-24-29-34-42-49-56-63-76(7)9-2)72-97-101(89,90)95-68-77(84)69-96-102(91,92)98-73-79(71-94-81(86)65-58-51-44-39-38-41-48-55-62-75(5)6)100-83(88)67-60-53-46-37-32-27-28-33-40-47-54-61-74(3)4/h14-16,21,74-79,84H,8-13,17-20,22-73H2,1-7H3,(H,89,90)(H,91,92)/b15-14-,21-16-/t76?,77-,78-,79-/m1/s1. The van der Waals surface area contributed by atoms with Crippen LogP contribution in [0.4, 0.5) is 0 Å². The number of hydrogen-bond donors (Lipinski definition) is 3. The summed E-state index contributed by atoms with van der Waals surface area (Å²) in [6, 6.07) is 0. The predicted molar refractivity (Wildman–Crippen MR) is 418 cm³/mol. The van der Waals surface area contributed by atoms with Crippen LogP contribution in [0.25, 0.3) is 0 Å². The quantitative estimate of drug-likeness (QED) is 0.0169. The molecule has 3 unspecified atom stereocenters. The highest BCUT2D eigenvalue weighted by atomic mass is 31.2. The van der Waals surface area contributed by atoms with E-state index < -0.39 is 97.5 Å². The van der Waals surface area contributed by atoms with E-state index in [1.165, 1.54) is 199 Å². The van der Waals surface area contributed by atoms with E-state index in [0.717, 1.165) is 127 Å². The maximum atomic E-state index is 13.1. The summed E-state index contributed by atoms with van der Waals surface area (Å²) in [6.45, 7) is 11.9. The molecule has 0 aliphatic heterocycles. The zero-order valence-corrected chi connectivity index (χ0v) is 68.4. The minimum atomic E-state index is -4.97. The van der Waals surface area contributed by atoms with Crippen LogP contribution in [0.2, 0.25) is 0 Å². The van der Waals surface area contributed by atoms with Gasteiger partial charge in [0.1, 0.15) is 19.3 Å². The van der Waals surface area contributed by atoms with E-state index in [9.17, 15) is 43.2 Å². The van der Waals surface area contributed by atoms with Gasteiger partial charge in [-0.2, -0.15) is 0 Å². The highest BCUT2D eigenvalue weighted by molar-refractivity contribution is 7.47. The molecule has 0 aromatic rings. The molecule has 19 heteroatoms. The monoisotopic (exact) mass is 1490 g/mol. The lowest BCUT2D eigenvalue weighted by Crippen LogP contribution is -2.30. The zero-order chi connectivity index (χ0) is 75.1. The van der Waals surface area contributed by atoms with Crippen molar-refractivity contribution in [3.8, 4) is 0 Å². The molecule has 602 valence electrons. The Morgan fingerprint density at radius 1 is 0.324 bits per heavy atom. The zero-order valence-electron chi connectivity index (χ0n) is 66.6. The van der Waals surface area contributed by atoms with Gasteiger partial charge in [-0.15, -0.1) is 0 Å². The van der Waals surface area contributed by atoms with Crippen LogP contribution >= 0.6 is 15.6 Å². The second-order valence-electron chi connectivity index (χ2n) is 30.4. The minimum absolute atomic E-state index is 0.101. The van der Waals surface area contributed by atoms with Gasteiger partial charge in [0.2, 0.25) is 0 Å². The summed E-state index contributed by atoms with van der Waals surface area (Å²) in [4.78, 5) is 73.1. The third-order valence-corrected chi connectivity index (χ3v) is 21.0. The number of phosphoric ester groups is 2. The number of unbranched alkanes of at least 4 members (excludes halogenated alkanes) is 43. The molecule has 102 heavy (non-hydrogen) atoms. The SMILES string of the molecule is CCCCCC/C=C\C=C/CCCCCCCC(=O)OC[C@H](COP(=O)(O)OC[C@@H](O)COP(=O)(O)OC[C@@H](COC(=O)CCCCCCCCCCC(C)C)OC(=O)CCCCCCCCCCCCCC(C)C)OC(=O)CCCCCCCCCCCCCCCCCCCCC(C)CC. The summed E-state index contributed by atoms with van der Waals surface area (Å²) in [5, 5.41) is 10.6. The summed E-state index contributed by atoms with van der Waals surface area (Å²) in [5.41, 5.74) is 0. The van der Waals surface area contributed by atoms with Gasteiger partial charge in [-0.05, 0) is 69.1 Å². The number of carbonyl (C=O) groups excluding carboxylic acids is 4. The number of allylic oxidation sites excluding steroid dienone is 4. The second kappa shape index (κ2) is 72.7. The maximum absolute atomic E-state index is 13.1. The molecular formula is C83H158O17P2. The van der Waals surface area contributed by atoms with Crippen molar-refractivity contribution in [1.29, 1.82) is 0 Å². The first-order valence-electron chi connectivity index (χ1n) is 42.2. The van der Waals surface area contributed by atoms with E-state index in [4.69, 9.17) is 37.0 Å². The predicted octanol–water partition coefficient (Wildman–Crippen LogP) is 24.5. The molecule has 6 atom stereocenters. The van der Waals surface area contributed by atoms with Crippen molar-refractivity contribution in [2.45, 2.75) is 426 Å². The summed E-state index contributed by atoms with van der Waals surface area (Å²) < 4.78 is 68.7. The Balaban J connectivity index is 5.26. The number of phosphoric acid groups is 2. The largest absolute Gasteiger partial charge is 0.472 e. The highest BCUT2D eigenvalue weighted by Gasteiger charge is 2.30. The van der Waals surface area contributed by atoms with Crippen LogP contribution < -0.4 is 0 Å². The Kier molecular flexibility index (Phi) is 71.0. The molecule has 0 heterocycles. The first-order chi connectivity index (χ1) is 49.3. The van der Waals surface area contributed by atoms with E-state index >= 15 is 0 Å². The molecule has 0 radical (unpaired) electrons. The van der Waals surface area contributed by atoms with Crippen molar-refractivity contribution in [3.05, 3.63) is 24.3 Å². The van der Waals surface area contributed by atoms with Gasteiger partial charge in [0, 0.05) is 25.7 Å². The number of rotatable bonds is 79. The molecule has 0 saturated heterocycles. The van der Waals surface area contributed by atoms with Crippen LogP contribution in [0.5, 0.6) is 0 Å². The molecule has 0 bridgehead atoms. The number of esters is 4. The molecule has 0 aliphatic rings. The van der Waals surface area contributed by atoms with Crippen molar-refractivity contribution in [2.75, 3.05) is 39.6 Å². The van der Waals surface area contributed by atoms with Gasteiger partial charge < -0.3 is 33.8 Å². The fourth-order valence-corrected chi connectivity index (χ4v) is 13.8. The number of ether oxygens (including phenoxy) is 4. The van der Waals surface area contributed by atoms with Crippen LogP contribution in [-0.4, -0.2) is 96.7 Å². The van der Waals surface area contributed by atoms with Gasteiger partial charge in [-0.1, -0.05) is 355 Å². The van der Waals surface area contributed by atoms with Gasteiger partial charge in [0.15, 0.2) is 12.2 Å². The van der Waals surface area contributed by atoms with Crippen molar-refractivity contribution < 1.29 is 80.2 Å². The molecular weight excluding hydrogens is 1330 g/mol. The Morgan fingerprint density at radius 2 is 0.578 bits per heavy atom. The second-order valence-corrected chi connectivity index (χ2v) is 33.3. The minimum Gasteiger partial charge on any atom is -0.462 e. The van der Waals surface area contributed by atoms with E-state index in [0.29, 0.717) is 25.7 Å². The number of aliphatic hydroxyl groups is 1. The van der Waals surface area contributed by atoms with E-state index in [1.807, 2.05) is 0 Å². The first-order valence-corrected chi connectivity index (χ1v) is 45.2. The molecule has 0 aliphatic carbocycles. The van der Waals surface area contributed by atoms with E-state index in [1.54, 1.807) is 0 Å². The summed E-state index contributed by atoms with van der Waals surface area (Å²) >= 11 is 0. The van der Waals surface area contributed by atoms with Gasteiger partial charge >= 0.3 is 39.5 Å². The third kappa shape index (κ3) is 74.4. The molecule has 0 fully saturated rings. The molecule has 17 nitrogen and oxygen atoms in total. The van der Waals surface area contributed by atoms with Crippen molar-refractivity contribution in [1.82, 2.24) is 0 Å². The molecule has 0 aromatic heterocycles. The summed E-state index contributed by atoms with van der Waals surface area (Å²) in [7, 11) is -9.93. The van der Waals surface area contributed by atoms with Crippen molar-refractivity contribution >= 4 is 39.5 Å². The highest BCUT2D eigenvalue weighted by Crippen LogP contribution is 2.45. The number of aliphatic hydroxyl groups excluding tert-OH is 1. The average molecular weight is 1490 g/mol. The summed E-state index contributed by atoms with van der Waals surface area (Å²) in [6.07, 6.45) is 64.7. The van der Waals surface area contributed by atoms with Crippen LogP contribution in [0, 0.1) is 17.8 Å². The molecule has 0 amide bonds. The van der Waals surface area contributed by atoms with Gasteiger partial charge in [-0.25, -0.2) is 9.13 Å². The average Bonchev–Trinajstić information content (AvgIpc) is 0.913.